The van der Waals surface area contributed by atoms with Gasteiger partial charge in [0.05, 0.1) is 19.5 Å². The van der Waals surface area contributed by atoms with E-state index in [4.69, 9.17) is 14.1 Å². The SMILES string of the molecule is CC(C)(C)NC(=NCCCN1CCOCC1)NCCc1ccco1.I. The number of halogens is 1. The standard InChI is InChI=1S/C18H32N4O2.HI/c1-18(2,3)21-17(20-9-7-16-6-4-13-24-16)19-8-5-10-22-11-14-23-15-12-22;/h4,6,13H,5,7-12,14-15H2,1-3H3,(H2,19,20,21);1H. The number of rotatable bonds is 7. The maximum absolute atomic E-state index is 5.38. The molecule has 0 bridgehead atoms. The summed E-state index contributed by atoms with van der Waals surface area (Å²) < 4.78 is 10.7. The average Bonchev–Trinajstić information content (AvgIpc) is 3.04. The van der Waals surface area contributed by atoms with Crippen molar-refractivity contribution in [2.45, 2.75) is 39.2 Å². The third-order valence-corrected chi connectivity index (χ3v) is 3.74. The highest BCUT2D eigenvalue weighted by molar-refractivity contribution is 14.0. The summed E-state index contributed by atoms with van der Waals surface area (Å²) in [6, 6.07) is 3.92. The van der Waals surface area contributed by atoms with Crippen molar-refractivity contribution >= 4 is 29.9 Å². The van der Waals surface area contributed by atoms with Crippen LogP contribution >= 0.6 is 24.0 Å². The van der Waals surface area contributed by atoms with Gasteiger partial charge in [0.1, 0.15) is 5.76 Å². The van der Waals surface area contributed by atoms with Crippen LogP contribution in [0.5, 0.6) is 0 Å². The van der Waals surface area contributed by atoms with E-state index in [1.54, 1.807) is 6.26 Å². The topological polar surface area (TPSA) is 62.0 Å². The van der Waals surface area contributed by atoms with Crippen LogP contribution in [0.4, 0.5) is 0 Å². The molecule has 0 amide bonds. The summed E-state index contributed by atoms with van der Waals surface area (Å²) in [5, 5.41) is 6.85. The Morgan fingerprint density at radius 1 is 1.28 bits per heavy atom. The summed E-state index contributed by atoms with van der Waals surface area (Å²) in [5.74, 6) is 1.86. The number of ether oxygens (including phenoxy) is 1. The molecule has 2 N–H and O–H groups in total. The predicted octanol–water partition coefficient (Wildman–Crippen LogP) is 2.50. The van der Waals surface area contributed by atoms with Gasteiger partial charge in [-0.05, 0) is 39.3 Å². The summed E-state index contributed by atoms with van der Waals surface area (Å²) in [4.78, 5) is 7.16. The van der Waals surface area contributed by atoms with Crippen molar-refractivity contribution in [3.63, 3.8) is 0 Å². The van der Waals surface area contributed by atoms with Gasteiger partial charge in [-0.15, -0.1) is 24.0 Å². The highest BCUT2D eigenvalue weighted by Crippen LogP contribution is 2.02. The number of morpholine rings is 1. The lowest BCUT2D eigenvalue weighted by atomic mass is 10.1. The molecule has 25 heavy (non-hydrogen) atoms. The lowest BCUT2D eigenvalue weighted by molar-refractivity contribution is 0.0377. The first kappa shape index (κ1) is 22.2. The number of nitrogens with zero attached hydrogens (tertiary/aromatic N) is 2. The van der Waals surface area contributed by atoms with Gasteiger partial charge in [0.25, 0.3) is 0 Å². The normalized spacial score (nSPS) is 16.4. The Labute approximate surface area is 168 Å². The van der Waals surface area contributed by atoms with E-state index >= 15 is 0 Å². The molecule has 2 heterocycles. The third-order valence-electron chi connectivity index (χ3n) is 3.74. The molecule has 7 heteroatoms. The van der Waals surface area contributed by atoms with Gasteiger partial charge in [-0.1, -0.05) is 0 Å². The smallest absolute Gasteiger partial charge is 0.191 e. The van der Waals surface area contributed by atoms with Crippen molar-refractivity contribution in [2.75, 3.05) is 45.9 Å². The number of guanidine groups is 1. The van der Waals surface area contributed by atoms with Crippen LogP contribution in [0.15, 0.2) is 27.8 Å². The Balaban J connectivity index is 0.00000312. The number of hydrogen-bond donors (Lipinski definition) is 2. The molecule has 0 saturated carbocycles. The van der Waals surface area contributed by atoms with Crippen molar-refractivity contribution in [1.29, 1.82) is 0 Å². The fraction of sp³-hybridized carbons (Fsp3) is 0.722. The molecular weight excluding hydrogens is 431 g/mol. The van der Waals surface area contributed by atoms with Crippen molar-refractivity contribution < 1.29 is 9.15 Å². The number of furan rings is 1. The van der Waals surface area contributed by atoms with E-state index in [0.29, 0.717) is 0 Å². The molecule has 0 atom stereocenters. The van der Waals surface area contributed by atoms with Crippen LogP contribution in [0, 0.1) is 0 Å². The van der Waals surface area contributed by atoms with E-state index in [1.807, 2.05) is 12.1 Å². The largest absolute Gasteiger partial charge is 0.469 e. The maximum atomic E-state index is 5.38. The summed E-state index contributed by atoms with van der Waals surface area (Å²) in [5.41, 5.74) is -0.0132. The van der Waals surface area contributed by atoms with Crippen LogP contribution in [0.2, 0.25) is 0 Å². The summed E-state index contributed by atoms with van der Waals surface area (Å²) in [6.45, 7) is 12.9. The highest BCUT2D eigenvalue weighted by Gasteiger charge is 2.12. The Morgan fingerprint density at radius 2 is 2.04 bits per heavy atom. The van der Waals surface area contributed by atoms with Crippen molar-refractivity contribution in [1.82, 2.24) is 15.5 Å². The maximum Gasteiger partial charge on any atom is 0.191 e. The van der Waals surface area contributed by atoms with E-state index in [9.17, 15) is 0 Å². The van der Waals surface area contributed by atoms with E-state index < -0.39 is 0 Å². The van der Waals surface area contributed by atoms with Crippen LogP contribution in [0.3, 0.4) is 0 Å². The van der Waals surface area contributed by atoms with Gasteiger partial charge in [0, 0.05) is 44.7 Å². The van der Waals surface area contributed by atoms with Crippen LogP contribution in [0.25, 0.3) is 0 Å². The Morgan fingerprint density at radius 3 is 2.68 bits per heavy atom. The molecule has 6 nitrogen and oxygen atoms in total. The summed E-state index contributed by atoms with van der Waals surface area (Å²) in [6.07, 6.45) is 3.63. The second-order valence-electron chi connectivity index (χ2n) is 7.17. The fourth-order valence-corrected chi connectivity index (χ4v) is 2.56. The minimum absolute atomic E-state index is 0. The van der Waals surface area contributed by atoms with Gasteiger partial charge in [0.15, 0.2) is 5.96 Å². The van der Waals surface area contributed by atoms with Gasteiger partial charge >= 0.3 is 0 Å². The number of nitrogens with one attached hydrogen (secondary N) is 2. The molecule has 0 spiro atoms. The zero-order valence-corrected chi connectivity index (χ0v) is 18.0. The highest BCUT2D eigenvalue weighted by atomic mass is 127. The second kappa shape index (κ2) is 11.7. The van der Waals surface area contributed by atoms with E-state index in [-0.39, 0.29) is 29.5 Å². The molecule has 0 unspecified atom stereocenters. The molecule has 1 fully saturated rings. The Hall–Kier alpha value is -0.800. The van der Waals surface area contributed by atoms with Gasteiger partial charge in [0.2, 0.25) is 0 Å². The van der Waals surface area contributed by atoms with Crippen LogP contribution < -0.4 is 10.6 Å². The fourth-order valence-electron chi connectivity index (χ4n) is 2.56. The first-order chi connectivity index (χ1) is 11.5. The van der Waals surface area contributed by atoms with E-state index in [2.05, 4.69) is 36.3 Å². The zero-order valence-electron chi connectivity index (χ0n) is 15.7. The number of aliphatic imine (C=N–C) groups is 1. The molecule has 1 aliphatic rings. The van der Waals surface area contributed by atoms with Gasteiger partial charge in [-0.3, -0.25) is 9.89 Å². The van der Waals surface area contributed by atoms with Crippen molar-refractivity contribution in [3.8, 4) is 0 Å². The van der Waals surface area contributed by atoms with Crippen molar-refractivity contribution in [3.05, 3.63) is 24.2 Å². The first-order valence-electron chi connectivity index (χ1n) is 8.92. The molecule has 2 rings (SSSR count). The number of hydrogen-bond acceptors (Lipinski definition) is 4. The minimum Gasteiger partial charge on any atom is -0.469 e. The average molecular weight is 464 g/mol. The molecular formula is C18H33IN4O2. The Kier molecular flexibility index (Phi) is 10.4. The lowest BCUT2D eigenvalue weighted by Crippen LogP contribution is -2.48. The Bertz CT molecular complexity index is 480. The quantitative estimate of drug-likeness (QED) is 0.281. The predicted molar refractivity (Wildman–Crippen MR) is 113 cm³/mol. The minimum atomic E-state index is -0.0132. The van der Waals surface area contributed by atoms with Gasteiger partial charge < -0.3 is 19.8 Å². The van der Waals surface area contributed by atoms with Crippen LogP contribution in [0.1, 0.15) is 33.0 Å². The van der Waals surface area contributed by atoms with Crippen molar-refractivity contribution in [2.24, 2.45) is 4.99 Å². The first-order valence-corrected chi connectivity index (χ1v) is 8.92. The monoisotopic (exact) mass is 464 g/mol. The molecule has 144 valence electrons. The second-order valence-corrected chi connectivity index (χ2v) is 7.17. The van der Waals surface area contributed by atoms with Crippen LogP contribution in [-0.4, -0.2) is 62.3 Å². The molecule has 1 aromatic heterocycles. The lowest BCUT2D eigenvalue weighted by Gasteiger charge is -2.26. The zero-order chi connectivity index (χ0) is 17.3. The third kappa shape index (κ3) is 10.1. The van der Waals surface area contributed by atoms with Gasteiger partial charge in [-0.25, -0.2) is 0 Å². The summed E-state index contributed by atoms with van der Waals surface area (Å²) in [7, 11) is 0. The van der Waals surface area contributed by atoms with Gasteiger partial charge in [-0.2, -0.15) is 0 Å². The van der Waals surface area contributed by atoms with Crippen LogP contribution in [-0.2, 0) is 11.2 Å². The summed E-state index contributed by atoms with van der Waals surface area (Å²) >= 11 is 0. The molecule has 0 aliphatic carbocycles. The van der Waals surface area contributed by atoms with E-state index in [1.165, 1.54) is 0 Å². The molecule has 0 aromatic carbocycles. The van der Waals surface area contributed by atoms with E-state index in [0.717, 1.165) is 70.5 Å². The molecule has 1 saturated heterocycles. The molecule has 1 aliphatic heterocycles. The molecule has 1 aromatic rings. The molecule has 0 radical (unpaired) electrons.